The second-order valence-electron chi connectivity index (χ2n) is 26.1. The van der Waals surface area contributed by atoms with Crippen LogP contribution in [0.1, 0.15) is 289 Å². The first-order valence-corrected chi connectivity index (χ1v) is 35.6. The molecule has 0 aromatic carbocycles. The quantitative estimate of drug-likeness (QED) is 0.0136. The van der Waals surface area contributed by atoms with Gasteiger partial charge in [-0.05, 0) is 256 Å². The van der Waals surface area contributed by atoms with Gasteiger partial charge in [-0.25, -0.2) is 10.2 Å². The van der Waals surface area contributed by atoms with Gasteiger partial charge in [-0.2, -0.15) is 16.9 Å². The van der Waals surface area contributed by atoms with Crippen molar-refractivity contribution in [3.05, 3.63) is 128 Å². The van der Waals surface area contributed by atoms with E-state index in [2.05, 4.69) is 176 Å². The Labute approximate surface area is 542 Å². The molecule has 88 heavy (non-hydrogen) atoms. The molecule has 3 atom stereocenters. The maximum Gasteiger partial charge on any atom is 0.315 e. The van der Waals surface area contributed by atoms with E-state index in [1.807, 2.05) is 17.8 Å². The van der Waals surface area contributed by atoms with Crippen LogP contribution in [0.25, 0.3) is 0 Å². The van der Waals surface area contributed by atoms with Crippen LogP contribution >= 0.6 is 11.8 Å². The molecule has 0 unspecified atom stereocenters. The summed E-state index contributed by atoms with van der Waals surface area (Å²) in [4.78, 5) is 48.3. The number of urea groups is 1. The molecule has 0 aromatic heterocycles. The fourth-order valence-electron chi connectivity index (χ4n) is 10.9. The molecule has 2 fully saturated rings. The Balaban J connectivity index is 1.44. The van der Waals surface area contributed by atoms with E-state index >= 15 is 0 Å². The van der Waals surface area contributed by atoms with Crippen LogP contribution in [-0.4, -0.2) is 66.1 Å². The van der Waals surface area contributed by atoms with Crippen molar-refractivity contribution in [2.45, 2.75) is 306 Å². The third-order valence-corrected chi connectivity index (χ3v) is 18.4. The summed E-state index contributed by atoms with van der Waals surface area (Å²) in [6, 6.07) is 0.402. The first kappa shape index (κ1) is 78.9. The number of carbonyl (C=O) groups excluding carboxylic acids is 4. The number of unbranched alkanes of at least 4 members (excludes halogenated alkanes) is 5. The zero-order chi connectivity index (χ0) is 64.6. The number of hydrazone groups is 1. The smallest absolute Gasteiger partial charge is 0.315 e. The van der Waals surface area contributed by atoms with Gasteiger partial charge < -0.3 is 21.3 Å². The van der Waals surface area contributed by atoms with Crippen molar-refractivity contribution >= 4 is 41.7 Å². The number of nitrogens with one attached hydrogen (secondary N) is 5. The van der Waals surface area contributed by atoms with Crippen molar-refractivity contribution in [1.82, 2.24) is 26.7 Å². The molecule has 0 aliphatic carbocycles. The maximum absolute atomic E-state index is 12.3. The minimum atomic E-state index is -0.0956. The van der Waals surface area contributed by atoms with Crippen LogP contribution in [0.2, 0.25) is 0 Å². The molecule has 0 saturated carbocycles. The van der Waals surface area contributed by atoms with E-state index < -0.39 is 0 Å². The highest BCUT2D eigenvalue weighted by molar-refractivity contribution is 8.00. The topological polar surface area (TPSA) is 141 Å². The Kier molecular flexibility index (Phi) is 45.4. The molecular weight excluding hydrogens is 1100 g/mol. The highest BCUT2D eigenvalue weighted by atomic mass is 32.2. The summed E-state index contributed by atoms with van der Waals surface area (Å²) in [5.41, 5.74) is 18.8. The van der Waals surface area contributed by atoms with Gasteiger partial charge in [0.2, 0.25) is 17.7 Å². The average molecular weight is 1230 g/mol. The molecule has 2 rings (SSSR count). The van der Waals surface area contributed by atoms with Crippen molar-refractivity contribution in [2.24, 2.45) is 5.10 Å². The Hall–Kier alpha value is -5.16. The summed E-state index contributed by atoms with van der Waals surface area (Å²) in [5, 5.41) is 16.5. The van der Waals surface area contributed by atoms with Crippen molar-refractivity contribution in [1.29, 1.82) is 0 Å². The Bertz CT molecular complexity index is 2440. The predicted octanol–water partition coefficient (Wildman–Crippen LogP) is 20.4. The molecule has 10 nitrogen and oxygen atoms in total. The minimum absolute atomic E-state index is 0.0542. The van der Waals surface area contributed by atoms with E-state index in [-0.39, 0.29) is 35.8 Å². The van der Waals surface area contributed by atoms with Gasteiger partial charge in [-0.15, -0.1) is 0 Å². The summed E-state index contributed by atoms with van der Waals surface area (Å²) >= 11 is 1.91. The zero-order valence-corrected chi connectivity index (χ0v) is 58.7. The molecular formula is C77H126N6O4S. The van der Waals surface area contributed by atoms with E-state index in [1.54, 1.807) is 6.21 Å². The Morgan fingerprint density at radius 1 is 0.409 bits per heavy atom. The van der Waals surface area contributed by atoms with Gasteiger partial charge in [0.25, 0.3) is 0 Å². The number of rotatable bonds is 49. The molecule has 5 N–H and O–H groups in total. The molecule has 2 aliphatic rings. The fraction of sp³-hybridized carbons (Fsp3) is 0.649. The Morgan fingerprint density at radius 3 is 1.10 bits per heavy atom. The lowest BCUT2D eigenvalue weighted by Gasteiger charge is -2.16. The van der Waals surface area contributed by atoms with Gasteiger partial charge in [0.05, 0.1) is 12.1 Å². The number of carbonyl (C=O) groups is 4. The number of nitrogens with zero attached hydrogens (tertiary/aromatic N) is 1. The zero-order valence-electron chi connectivity index (χ0n) is 57.9. The van der Waals surface area contributed by atoms with Crippen LogP contribution in [0, 0.1) is 0 Å². The van der Waals surface area contributed by atoms with Crippen LogP contribution in [0.3, 0.4) is 0 Å². The predicted molar refractivity (Wildman–Crippen MR) is 383 cm³/mol. The summed E-state index contributed by atoms with van der Waals surface area (Å²) in [5.74, 6) is 1.00. The first-order chi connectivity index (χ1) is 42.3. The number of hydrogen-bond donors (Lipinski definition) is 5. The second kappa shape index (κ2) is 50.6. The van der Waals surface area contributed by atoms with E-state index in [0.29, 0.717) is 37.6 Å². The fourth-order valence-corrected chi connectivity index (χ4v) is 12.5. The molecule has 0 bridgehead atoms. The molecule has 0 aromatic rings. The molecule has 0 spiro atoms. The molecule has 2 saturated heterocycles. The standard InChI is InChI=1S/C77H126N6O4S/c1-60(2)31-21-32-61(3)33-22-34-62(4)35-23-36-63(5)37-24-38-64(6)39-25-40-65(7)41-26-42-66(8)43-27-44-67(9)45-28-46-68(10)47-29-48-69(11)49-30-50-70(12)55-58-80-83-75(86)54-16-14-20-57-78-73(84)52-15-13-19-56-79-74(85)53-18-17-51-72-76-71(59-88-72)81-77(87)82-76/h31,33,35,37,39,41,43,45,47,49,55,58,71-72,76H,13-30,32,34,36,38,40,42,44,46,48,50-54,56-57,59H2,1-12H3,(H,78,84)(H,79,85)(H,83,86)(H2,81,82,87)/b61-33+,62-35+,63-37+,64-39-,65-41-,66-43-,67-45-,68-47-,69-49-,70-55-,80-58+/t71-,72-,76-/m0/s1. The van der Waals surface area contributed by atoms with Crippen LogP contribution in [0.5, 0.6) is 0 Å². The number of amides is 5. The van der Waals surface area contributed by atoms with Gasteiger partial charge in [-0.1, -0.05) is 141 Å². The highest BCUT2D eigenvalue weighted by Gasteiger charge is 2.42. The minimum Gasteiger partial charge on any atom is -0.356 e. The lowest BCUT2D eigenvalue weighted by atomic mass is 10.0. The van der Waals surface area contributed by atoms with Crippen molar-refractivity contribution in [3.63, 3.8) is 0 Å². The van der Waals surface area contributed by atoms with E-state index in [0.717, 1.165) is 173 Å². The summed E-state index contributed by atoms with van der Waals surface area (Å²) < 4.78 is 0. The largest absolute Gasteiger partial charge is 0.356 e. The van der Waals surface area contributed by atoms with Gasteiger partial charge in [0.1, 0.15) is 0 Å². The number of hydrogen-bond acceptors (Lipinski definition) is 6. The van der Waals surface area contributed by atoms with Gasteiger partial charge in [0, 0.05) is 49.6 Å². The van der Waals surface area contributed by atoms with Crippen molar-refractivity contribution in [2.75, 3.05) is 18.8 Å². The lowest BCUT2D eigenvalue weighted by Crippen LogP contribution is -2.36. The van der Waals surface area contributed by atoms with Crippen LogP contribution in [0.4, 0.5) is 4.79 Å². The van der Waals surface area contributed by atoms with Crippen LogP contribution in [-0.2, 0) is 14.4 Å². The summed E-state index contributed by atoms with van der Waals surface area (Å²) in [7, 11) is 0. The first-order valence-electron chi connectivity index (χ1n) is 34.5. The molecule has 494 valence electrons. The average Bonchev–Trinajstić information content (AvgIpc) is 4.05. The number of fused-ring (bicyclic) bond motifs is 1. The van der Waals surface area contributed by atoms with Gasteiger partial charge >= 0.3 is 6.03 Å². The third-order valence-electron chi connectivity index (χ3n) is 16.9. The normalized spacial score (nSPS) is 17.6. The molecule has 2 aliphatic heterocycles. The monoisotopic (exact) mass is 1230 g/mol. The van der Waals surface area contributed by atoms with Crippen LogP contribution < -0.4 is 26.7 Å². The number of thioether (sulfide) groups is 1. The van der Waals surface area contributed by atoms with Crippen molar-refractivity contribution < 1.29 is 19.2 Å². The number of allylic oxidation sites excluding steroid dienone is 22. The SMILES string of the molecule is CC(C)=CCC/C(C)=C/CC/C(C)=C/CC/C(C)=C/CC/C(C)=C\CC/C(C)=C\CC/C(C)=C\CC/C(C)=C\CC/C(C)=C\CC/C(C)=C\CC/C(C)=C\C=N\NC(=O)CCCCCNC(=O)CCCCCNC(=O)CCCC[C@@H]1SC[C@@H]2NC(=O)N[C@@H]21. The molecule has 0 radical (unpaired) electrons. The van der Waals surface area contributed by atoms with E-state index in [9.17, 15) is 19.2 Å². The second-order valence-corrected chi connectivity index (χ2v) is 27.4. The lowest BCUT2D eigenvalue weighted by molar-refractivity contribution is -0.122. The third kappa shape index (κ3) is 44.3. The molecule has 2 heterocycles. The molecule has 11 heteroatoms. The molecule has 5 amide bonds. The Morgan fingerprint density at radius 2 is 0.739 bits per heavy atom. The summed E-state index contributed by atoms with van der Waals surface area (Å²) in [6.07, 6.45) is 59.6. The summed E-state index contributed by atoms with van der Waals surface area (Å²) in [6.45, 7) is 28.3. The van der Waals surface area contributed by atoms with E-state index in [4.69, 9.17) is 0 Å². The van der Waals surface area contributed by atoms with Gasteiger partial charge in [-0.3, -0.25) is 14.4 Å². The van der Waals surface area contributed by atoms with E-state index in [1.165, 1.54) is 80.6 Å². The highest BCUT2D eigenvalue weighted by Crippen LogP contribution is 2.33. The van der Waals surface area contributed by atoms with Crippen molar-refractivity contribution in [3.8, 4) is 0 Å². The maximum atomic E-state index is 12.3. The van der Waals surface area contributed by atoms with Gasteiger partial charge in [0.15, 0.2) is 0 Å². The van der Waals surface area contributed by atoms with Crippen LogP contribution in [0.15, 0.2) is 133 Å².